The molecule has 2 aromatic carbocycles. The largest absolute Gasteiger partial charge is 0.495 e. The molecule has 24 heavy (non-hydrogen) atoms. The van der Waals surface area contributed by atoms with Gasteiger partial charge in [0.05, 0.1) is 17.7 Å². The summed E-state index contributed by atoms with van der Waals surface area (Å²) in [5.41, 5.74) is 0.987. The number of benzene rings is 2. The summed E-state index contributed by atoms with van der Waals surface area (Å²) in [5, 5.41) is 13.5. The van der Waals surface area contributed by atoms with Gasteiger partial charge in [0, 0.05) is 12.1 Å². The predicted octanol–water partition coefficient (Wildman–Crippen LogP) is 3.32. The maximum atomic E-state index is 12.3. The molecule has 0 unspecified atom stereocenters. The molecule has 2 aromatic rings. The highest BCUT2D eigenvalue weighted by Gasteiger charge is 2.19. The van der Waals surface area contributed by atoms with Crippen LogP contribution in [-0.2, 0) is 4.79 Å². The number of anilines is 1. The lowest BCUT2D eigenvalue weighted by molar-refractivity contribution is -0.384. The predicted molar refractivity (Wildman–Crippen MR) is 89.5 cm³/mol. The van der Waals surface area contributed by atoms with E-state index in [0.717, 1.165) is 5.56 Å². The van der Waals surface area contributed by atoms with Gasteiger partial charge < -0.3 is 14.8 Å². The van der Waals surface area contributed by atoms with Gasteiger partial charge in [-0.2, -0.15) is 0 Å². The van der Waals surface area contributed by atoms with Gasteiger partial charge in [-0.3, -0.25) is 14.9 Å². The van der Waals surface area contributed by atoms with Gasteiger partial charge in [0.15, 0.2) is 6.10 Å². The Hall–Kier alpha value is -3.09. The standard InChI is InChI=1S/C17H18N2O5/c1-11-6-4-5-7-15(11)24-12(2)17(20)18-14-10-13(19(21)22)8-9-16(14)23-3/h4-10,12H,1-3H3,(H,18,20)/t12-/m1/s1. The van der Waals surface area contributed by atoms with E-state index in [4.69, 9.17) is 9.47 Å². The Labute approximate surface area is 139 Å². The van der Waals surface area contributed by atoms with Gasteiger partial charge in [0.1, 0.15) is 11.5 Å². The van der Waals surface area contributed by atoms with Crippen molar-refractivity contribution in [3.63, 3.8) is 0 Å². The Kier molecular flexibility index (Phi) is 5.36. The van der Waals surface area contributed by atoms with E-state index in [1.165, 1.54) is 25.3 Å². The van der Waals surface area contributed by atoms with Crippen LogP contribution in [0.4, 0.5) is 11.4 Å². The van der Waals surface area contributed by atoms with E-state index in [2.05, 4.69) is 5.32 Å². The zero-order chi connectivity index (χ0) is 17.7. The number of methoxy groups -OCH3 is 1. The number of nitro benzene ring substituents is 1. The minimum Gasteiger partial charge on any atom is -0.495 e. The SMILES string of the molecule is COc1ccc([N+](=O)[O-])cc1NC(=O)[C@@H](C)Oc1ccccc1C. The number of hydrogen-bond acceptors (Lipinski definition) is 5. The molecule has 0 aliphatic heterocycles. The Balaban J connectivity index is 2.15. The number of nitrogens with one attached hydrogen (secondary N) is 1. The second kappa shape index (κ2) is 7.45. The third kappa shape index (κ3) is 4.01. The van der Waals surface area contributed by atoms with E-state index >= 15 is 0 Å². The summed E-state index contributed by atoms with van der Waals surface area (Å²) >= 11 is 0. The summed E-state index contributed by atoms with van der Waals surface area (Å²) in [4.78, 5) is 22.7. The van der Waals surface area contributed by atoms with Crippen LogP contribution in [0.5, 0.6) is 11.5 Å². The number of non-ortho nitro benzene ring substituents is 1. The van der Waals surface area contributed by atoms with Crippen molar-refractivity contribution < 1.29 is 19.2 Å². The average Bonchev–Trinajstić information content (AvgIpc) is 2.56. The quantitative estimate of drug-likeness (QED) is 0.648. The summed E-state index contributed by atoms with van der Waals surface area (Å²) in [6.07, 6.45) is -0.782. The lowest BCUT2D eigenvalue weighted by atomic mass is 10.2. The van der Waals surface area contributed by atoms with Crippen molar-refractivity contribution in [1.82, 2.24) is 0 Å². The Morgan fingerprint density at radius 2 is 1.92 bits per heavy atom. The third-order valence-corrected chi connectivity index (χ3v) is 3.42. The number of nitro groups is 1. The van der Waals surface area contributed by atoms with Gasteiger partial charge in [0.2, 0.25) is 0 Å². The van der Waals surface area contributed by atoms with Crippen LogP contribution in [0.1, 0.15) is 12.5 Å². The van der Waals surface area contributed by atoms with Gasteiger partial charge in [-0.25, -0.2) is 0 Å². The van der Waals surface area contributed by atoms with Gasteiger partial charge in [0.25, 0.3) is 11.6 Å². The molecule has 0 heterocycles. The number of nitrogens with zero attached hydrogens (tertiary/aromatic N) is 1. The Morgan fingerprint density at radius 3 is 2.54 bits per heavy atom. The Bertz CT molecular complexity index is 760. The number of carbonyl (C=O) groups excluding carboxylic acids is 1. The molecule has 0 aliphatic carbocycles. The number of para-hydroxylation sites is 1. The number of hydrogen-bond donors (Lipinski definition) is 1. The molecule has 0 radical (unpaired) electrons. The smallest absolute Gasteiger partial charge is 0.271 e. The van der Waals surface area contributed by atoms with Crippen molar-refractivity contribution in [1.29, 1.82) is 0 Å². The number of rotatable bonds is 6. The normalized spacial score (nSPS) is 11.5. The molecule has 1 amide bonds. The Morgan fingerprint density at radius 1 is 1.21 bits per heavy atom. The molecular formula is C17H18N2O5. The highest BCUT2D eigenvalue weighted by Crippen LogP contribution is 2.29. The van der Waals surface area contributed by atoms with Crippen molar-refractivity contribution in [2.75, 3.05) is 12.4 Å². The zero-order valence-electron chi connectivity index (χ0n) is 13.6. The molecular weight excluding hydrogens is 312 g/mol. The van der Waals surface area contributed by atoms with Gasteiger partial charge in [-0.1, -0.05) is 18.2 Å². The first-order chi connectivity index (χ1) is 11.4. The minimum atomic E-state index is -0.782. The molecule has 0 fully saturated rings. The highest BCUT2D eigenvalue weighted by atomic mass is 16.6. The molecule has 0 spiro atoms. The molecule has 0 bridgehead atoms. The fourth-order valence-electron chi connectivity index (χ4n) is 2.07. The second-order valence-electron chi connectivity index (χ2n) is 5.16. The van der Waals surface area contributed by atoms with E-state index in [9.17, 15) is 14.9 Å². The van der Waals surface area contributed by atoms with Crippen LogP contribution in [0.15, 0.2) is 42.5 Å². The average molecular weight is 330 g/mol. The van der Waals surface area contributed by atoms with Gasteiger partial charge >= 0.3 is 0 Å². The number of ether oxygens (including phenoxy) is 2. The number of aryl methyl sites for hydroxylation is 1. The molecule has 7 nitrogen and oxygen atoms in total. The van der Waals surface area contributed by atoms with E-state index in [0.29, 0.717) is 11.5 Å². The fourth-order valence-corrected chi connectivity index (χ4v) is 2.07. The zero-order valence-corrected chi connectivity index (χ0v) is 13.6. The molecule has 1 atom stereocenters. The maximum absolute atomic E-state index is 12.3. The maximum Gasteiger partial charge on any atom is 0.271 e. The lowest BCUT2D eigenvalue weighted by Gasteiger charge is -2.17. The van der Waals surface area contributed by atoms with E-state index in [-0.39, 0.29) is 11.4 Å². The molecule has 0 saturated heterocycles. The molecule has 7 heteroatoms. The second-order valence-corrected chi connectivity index (χ2v) is 5.16. The molecule has 0 saturated carbocycles. The summed E-state index contributed by atoms with van der Waals surface area (Å²) in [7, 11) is 1.42. The molecule has 0 aromatic heterocycles. The van der Waals surface area contributed by atoms with Crippen molar-refractivity contribution in [3.05, 3.63) is 58.1 Å². The lowest BCUT2D eigenvalue weighted by Crippen LogP contribution is -2.30. The van der Waals surface area contributed by atoms with Crippen LogP contribution < -0.4 is 14.8 Å². The summed E-state index contributed by atoms with van der Waals surface area (Å²) in [6.45, 7) is 3.48. The summed E-state index contributed by atoms with van der Waals surface area (Å²) < 4.78 is 10.8. The monoisotopic (exact) mass is 330 g/mol. The molecule has 2 rings (SSSR count). The van der Waals surface area contributed by atoms with Crippen LogP contribution in [0, 0.1) is 17.0 Å². The highest BCUT2D eigenvalue weighted by molar-refractivity contribution is 5.95. The summed E-state index contributed by atoms with van der Waals surface area (Å²) in [6, 6.07) is 11.3. The molecule has 1 N–H and O–H groups in total. The van der Waals surface area contributed by atoms with Crippen LogP contribution in [0.25, 0.3) is 0 Å². The van der Waals surface area contributed by atoms with Crippen molar-refractivity contribution in [3.8, 4) is 11.5 Å². The fraction of sp³-hybridized carbons (Fsp3) is 0.235. The number of carbonyl (C=O) groups is 1. The molecule has 126 valence electrons. The van der Waals surface area contributed by atoms with Crippen LogP contribution >= 0.6 is 0 Å². The number of amides is 1. The third-order valence-electron chi connectivity index (χ3n) is 3.42. The first kappa shape index (κ1) is 17.3. The van der Waals surface area contributed by atoms with Crippen molar-refractivity contribution >= 4 is 17.3 Å². The van der Waals surface area contributed by atoms with E-state index < -0.39 is 16.9 Å². The van der Waals surface area contributed by atoms with Crippen LogP contribution in [0.2, 0.25) is 0 Å². The first-order valence-corrected chi connectivity index (χ1v) is 7.28. The van der Waals surface area contributed by atoms with E-state index in [1.807, 2.05) is 25.1 Å². The minimum absolute atomic E-state index is 0.140. The van der Waals surface area contributed by atoms with Gasteiger partial charge in [-0.05, 0) is 31.5 Å². The van der Waals surface area contributed by atoms with Crippen LogP contribution in [-0.4, -0.2) is 24.0 Å². The van der Waals surface area contributed by atoms with Crippen LogP contribution in [0.3, 0.4) is 0 Å². The van der Waals surface area contributed by atoms with E-state index in [1.54, 1.807) is 13.0 Å². The topological polar surface area (TPSA) is 90.7 Å². The van der Waals surface area contributed by atoms with Crippen molar-refractivity contribution in [2.45, 2.75) is 20.0 Å². The molecule has 0 aliphatic rings. The first-order valence-electron chi connectivity index (χ1n) is 7.28. The van der Waals surface area contributed by atoms with Gasteiger partial charge in [-0.15, -0.1) is 0 Å². The van der Waals surface area contributed by atoms with Crippen molar-refractivity contribution in [2.24, 2.45) is 0 Å². The summed E-state index contributed by atoms with van der Waals surface area (Å²) in [5.74, 6) is 0.500.